The largest absolute Gasteiger partial charge is 0.418 e. The van der Waals surface area contributed by atoms with Crippen molar-refractivity contribution in [2.45, 2.75) is 18.6 Å². The molecule has 1 aliphatic rings. The van der Waals surface area contributed by atoms with Crippen LogP contribution in [0, 0.1) is 0 Å². The van der Waals surface area contributed by atoms with E-state index in [4.69, 9.17) is 5.73 Å². The zero-order valence-electron chi connectivity index (χ0n) is 11.9. The van der Waals surface area contributed by atoms with Gasteiger partial charge in [0.2, 0.25) is 0 Å². The Morgan fingerprint density at radius 1 is 1.27 bits per heavy atom. The van der Waals surface area contributed by atoms with E-state index in [9.17, 15) is 13.2 Å². The van der Waals surface area contributed by atoms with Gasteiger partial charge in [-0.1, -0.05) is 12.2 Å². The van der Waals surface area contributed by atoms with Crippen molar-refractivity contribution >= 4 is 16.6 Å². The van der Waals surface area contributed by atoms with Crippen molar-refractivity contribution in [3.05, 3.63) is 48.2 Å². The van der Waals surface area contributed by atoms with E-state index in [1.54, 1.807) is 12.1 Å². The second-order valence-electron chi connectivity index (χ2n) is 5.62. The summed E-state index contributed by atoms with van der Waals surface area (Å²) in [6.07, 6.45) is -2.30. The number of aromatic nitrogens is 1. The molecule has 0 spiro atoms. The van der Waals surface area contributed by atoms with Crippen molar-refractivity contribution < 1.29 is 13.2 Å². The minimum atomic E-state index is -4.42. The Morgan fingerprint density at radius 2 is 2.05 bits per heavy atom. The number of rotatable bonds is 1. The quantitative estimate of drug-likeness (QED) is 0.822. The number of nitrogens with two attached hydrogens (primary N) is 1. The fraction of sp³-hybridized carbons (Fsp3) is 0.312. The van der Waals surface area contributed by atoms with E-state index in [0.29, 0.717) is 24.2 Å². The summed E-state index contributed by atoms with van der Waals surface area (Å²) in [6.45, 7) is 5.15. The summed E-state index contributed by atoms with van der Waals surface area (Å²) in [5.74, 6) is 0. The summed E-state index contributed by atoms with van der Waals surface area (Å²) >= 11 is 0. The second-order valence-corrected chi connectivity index (χ2v) is 5.62. The van der Waals surface area contributed by atoms with E-state index in [1.165, 1.54) is 12.3 Å². The van der Waals surface area contributed by atoms with Gasteiger partial charge in [0.1, 0.15) is 0 Å². The molecule has 0 aliphatic carbocycles. The van der Waals surface area contributed by atoms with Gasteiger partial charge in [-0.15, -0.1) is 0 Å². The summed E-state index contributed by atoms with van der Waals surface area (Å²) in [4.78, 5) is 5.91. The van der Waals surface area contributed by atoms with Gasteiger partial charge in [0.05, 0.1) is 11.1 Å². The molecule has 3 nitrogen and oxygen atoms in total. The van der Waals surface area contributed by atoms with Gasteiger partial charge in [-0.05, 0) is 30.7 Å². The number of benzene rings is 1. The van der Waals surface area contributed by atoms with Gasteiger partial charge in [0.15, 0.2) is 0 Å². The highest BCUT2D eigenvalue weighted by atomic mass is 19.4. The topological polar surface area (TPSA) is 42.1 Å². The molecule has 0 unspecified atom stereocenters. The molecule has 0 amide bonds. The minimum absolute atomic E-state index is 0.0303. The average molecular weight is 307 g/mol. The molecule has 6 heteroatoms. The summed E-state index contributed by atoms with van der Waals surface area (Å²) in [5, 5.41) is 0.485. The van der Waals surface area contributed by atoms with E-state index >= 15 is 0 Å². The Hall–Kier alpha value is -2.08. The van der Waals surface area contributed by atoms with Crippen molar-refractivity contribution in [2.75, 3.05) is 18.0 Å². The molecule has 0 radical (unpaired) electrons. The smallest absolute Gasteiger partial charge is 0.365 e. The van der Waals surface area contributed by atoms with Crippen LogP contribution in [0.3, 0.4) is 0 Å². The first-order valence-corrected chi connectivity index (χ1v) is 6.98. The third kappa shape index (κ3) is 2.66. The number of alkyl halides is 3. The number of halogens is 3. The second kappa shape index (κ2) is 5.28. The van der Waals surface area contributed by atoms with Crippen molar-refractivity contribution in [2.24, 2.45) is 5.73 Å². The van der Waals surface area contributed by atoms with Crippen LogP contribution in [0.1, 0.15) is 12.0 Å². The van der Waals surface area contributed by atoms with Crippen LogP contribution in [0.25, 0.3) is 10.9 Å². The maximum atomic E-state index is 13.1. The molecule has 1 saturated heterocycles. The first-order valence-electron chi connectivity index (χ1n) is 6.98. The van der Waals surface area contributed by atoms with E-state index in [1.807, 2.05) is 4.90 Å². The molecule has 2 aromatic rings. The van der Waals surface area contributed by atoms with Crippen LogP contribution in [0.5, 0.6) is 0 Å². The van der Waals surface area contributed by atoms with Crippen LogP contribution in [0.15, 0.2) is 42.6 Å². The van der Waals surface area contributed by atoms with Crippen molar-refractivity contribution in [1.82, 2.24) is 4.98 Å². The Kier molecular flexibility index (Phi) is 3.56. The predicted molar refractivity (Wildman–Crippen MR) is 80.7 cm³/mol. The Labute approximate surface area is 126 Å². The maximum absolute atomic E-state index is 13.1. The Morgan fingerprint density at radius 3 is 2.73 bits per heavy atom. The van der Waals surface area contributed by atoms with Gasteiger partial charge in [0.25, 0.3) is 0 Å². The third-order valence-electron chi connectivity index (χ3n) is 3.81. The lowest BCUT2D eigenvalue weighted by molar-refractivity contribution is -0.136. The Balaban J connectivity index is 2.14. The molecule has 1 aromatic heterocycles. The molecule has 116 valence electrons. The molecule has 22 heavy (non-hydrogen) atoms. The lowest BCUT2D eigenvalue weighted by atomic mass is 9.99. The van der Waals surface area contributed by atoms with Crippen LogP contribution < -0.4 is 10.6 Å². The van der Waals surface area contributed by atoms with Gasteiger partial charge in [-0.3, -0.25) is 4.98 Å². The molecular formula is C16H16F3N3. The van der Waals surface area contributed by atoms with Crippen LogP contribution in [-0.2, 0) is 6.18 Å². The zero-order chi connectivity index (χ0) is 15.9. The summed E-state index contributed by atoms with van der Waals surface area (Å²) in [5.41, 5.74) is 6.95. The summed E-state index contributed by atoms with van der Waals surface area (Å²) in [6, 6.07) is 5.84. The van der Waals surface area contributed by atoms with Crippen molar-refractivity contribution in [3.63, 3.8) is 0 Å². The highest BCUT2D eigenvalue weighted by Gasteiger charge is 2.34. The van der Waals surface area contributed by atoms with Crippen molar-refractivity contribution in [1.29, 1.82) is 0 Å². The zero-order valence-corrected chi connectivity index (χ0v) is 11.9. The van der Waals surface area contributed by atoms with E-state index < -0.39 is 11.7 Å². The predicted octanol–water partition coefficient (Wildman–Crippen LogP) is 3.35. The van der Waals surface area contributed by atoms with Crippen LogP contribution in [0.4, 0.5) is 18.9 Å². The molecule has 1 atom stereocenters. The first-order chi connectivity index (χ1) is 10.4. The lowest BCUT2D eigenvalue weighted by Crippen LogP contribution is -2.43. The number of hydrogen-bond acceptors (Lipinski definition) is 3. The molecule has 1 aliphatic heterocycles. The van der Waals surface area contributed by atoms with Gasteiger partial charge in [0, 0.05) is 36.4 Å². The third-order valence-corrected chi connectivity index (χ3v) is 3.81. The minimum Gasteiger partial charge on any atom is -0.365 e. The molecule has 1 aromatic carbocycles. The standard InChI is InChI=1S/C16H16F3N3/c1-10-7-11(20)9-22(8-10)14-5-4-13(16(17,18)19)15-12(14)3-2-6-21-15/h2-6,11H,1,7-9,20H2/t11-/m1/s1. The molecular weight excluding hydrogens is 291 g/mol. The van der Waals surface area contributed by atoms with Gasteiger partial charge >= 0.3 is 6.18 Å². The number of hydrogen-bond donors (Lipinski definition) is 1. The molecule has 2 heterocycles. The Bertz CT molecular complexity index is 724. The van der Waals surface area contributed by atoms with Gasteiger partial charge in [-0.2, -0.15) is 13.2 Å². The number of nitrogens with zero attached hydrogens (tertiary/aromatic N) is 2. The normalized spacial score (nSPS) is 19.7. The summed E-state index contributed by atoms with van der Waals surface area (Å²) in [7, 11) is 0. The van der Waals surface area contributed by atoms with Crippen LogP contribution in [-0.4, -0.2) is 24.1 Å². The van der Waals surface area contributed by atoms with Crippen LogP contribution in [0.2, 0.25) is 0 Å². The molecule has 0 saturated carbocycles. The monoisotopic (exact) mass is 307 g/mol. The van der Waals surface area contributed by atoms with E-state index in [-0.39, 0.29) is 11.6 Å². The molecule has 2 N–H and O–H groups in total. The molecule has 1 fully saturated rings. The van der Waals surface area contributed by atoms with Crippen LogP contribution >= 0.6 is 0 Å². The average Bonchev–Trinajstić information content (AvgIpc) is 2.44. The lowest BCUT2D eigenvalue weighted by Gasteiger charge is -2.34. The maximum Gasteiger partial charge on any atom is 0.418 e. The van der Waals surface area contributed by atoms with Gasteiger partial charge < -0.3 is 10.6 Å². The van der Waals surface area contributed by atoms with Gasteiger partial charge in [-0.25, -0.2) is 0 Å². The number of anilines is 1. The first kappa shape index (κ1) is 14.8. The molecule has 0 bridgehead atoms. The highest BCUT2D eigenvalue weighted by molar-refractivity contribution is 5.94. The highest BCUT2D eigenvalue weighted by Crippen LogP contribution is 2.38. The number of fused-ring (bicyclic) bond motifs is 1. The fourth-order valence-electron chi connectivity index (χ4n) is 2.96. The van der Waals surface area contributed by atoms with E-state index in [2.05, 4.69) is 11.6 Å². The number of pyridine rings is 1. The van der Waals surface area contributed by atoms with Crippen molar-refractivity contribution in [3.8, 4) is 0 Å². The summed E-state index contributed by atoms with van der Waals surface area (Å²) < 4.78 is 39.4. The number of piperidine rings is 1. The fourth-order valence-corrected chi connectivity index (χ4v) is 2.96. The SMILES string of the molecule is C=C1C[C@@H](N)CN(c2ccc(C(F)(F)F)c3ncccc23)C1. The molecule has 3 rings (SSSR count). The van der Waals surface area contributed by atoms with E-state index in [0.717, 1.165) is 18.1 Å².